The summed E-state index contributed by atoms with van der Waals surface area (Å²) in [5.41, 5.74) is 3.60. The zero-order valence-corrected chi connectivity index (χ0v) is 14.8. The molecule has 1 saturated heterocycles. The van der Waals surface area contributed by atoms with E-state index in [1.165, 1.54) is 0 Å². The number of hydrogen-bond acceptors (Lipinski definition) is 3. The van der Waals surface area contributed by atoms with Gasteiger partial charge in [0.2, 0.25) is 0 Å². The summed E-state index contributed by atoms with van der Waals surface area (Å²) in [6.07, 6.45) is 0. The van der Waals surface area contributed by atoms with Crippen molar-refractivity contribution in [3.8, 4) is 0 Å². The zero-order valence-electron chi connectivity index (χ0n) is 14.0. The van der Waals surface area contributed by atoms with Gasteiger partial charge in [0.25, 0.3) is 0 Å². The molecule has 1 heterocycles. The Bertz CT molecular complexity index is 926. The van der Waals surface area contributed by atoms with E-state index in [9.17, 15) is 4.79 Å². The minimum absolute atomic E-state index is 0.120. The van der Waals surface area contributed by atoms with Crippen molar-refractivity contribution in [3.63, 3.8) is 0 Å². The molecule has 3 aromatic carbocycles. The van der Waals surface area contributed by atoms with Gasteiger partial charge in [0.15, 0.2) is 0 Å². The molecule has 2 amide bonds. The molecule has 1 aliphatic rings. The van der Waals surface area contributed by atoms with Gasteiger partial charge in [0.05, 0.1) is 12.2 Å². The van der Waals surface area contributed by atoms with Crippen molar-refractivity contribution in [1.82, 2.24) is 0 Å². The minimum Gasteiger partial charge on any atom is -0.356 e. The van der Waals surface area contributed by atoms with Gasteiger partial charge in [0.1, 0.15) is 4.99 Å². The predicted octanol–water partition coefficient (Wildman–Crippen LogP) is 5.20. The smallest absolute Gasteiger partial charge is 0.334 e. The quantitative estimate of drug-likeness (QED) is 0.650. The van der Waals surface area contributed by atoms with E-state index in [1.807, 2.05) is 84.9 Å². The van der Waals surface area contributed by atoms with Gasteiger partial charge in [0, 0.05) is 17.1 Å². The number of thiocarbonyl (C=S) groups is 1. The van der Waals surface area contributed by atoms with Crippen LogP contribution in [0.2, 0.25) is 0 Å². The molecule has 4 rings (SSSR count). The first-order valence-corrected chi connectivity index (χ1v) is 8.75. The van der Waals surface area contributed by atoms with Crippen molar-refractivity contribution >= 4 is 46.0 Å². The highest BCUT2D eigenvalue weighted by Gasteiger charge is 2.35. The maximum atomic E-state index is 12.8. The van der Waals surface area contributed by atoms with E-state index < -0.39 is 0 Å². The first-order chi connectivity index (χ1) is 12.7. The maximum Gasteiger partial charge on any atom is 0.334 e. The first-order valence-electron chi connectivity index (χ1n) is 8.34. The highest BCUT2D eigenvalue weighted by molar-refractivity contribution is 7.80. The summed E-state index contributed by atoms with van der Waals surface area (Å²) in [7, 11) is 0. The number of amides is 2. The molecule has 0 aromatic heterocycles. The van der Waals surface area contributed by atoms with E-state index in [1.54, 1.807) is 9.80 Å². The summed E-state index contributed by atoms with van der Waals surface area (Å²) in [4.78, 5) is 16.7. The van der Waals surface area contributed by atoms with Crippen LogP contribution in [0, 0.1) is 0 Å². The highest BCUT2D eigenvalue weighted by Crippen LogP contribution is 2.28. The Morgan fingerprint density at radius 3 is 1.96 bits per heavy atom. The second-order valence-corrected chi connectivity index (χ2v) is 6.44. The first kappa shape index (κ1) is 16.3. The van der Waals surface area contributed by atoms with Crippen molar-refractivity contribution in [3.05, 3.63) is 84.9 Å². The van der Waals surface area contributed by atoms with Gasteiger partial charge < -0.3 is 5.32 Å². The normalized spacial score (nSPS) is 14.0. The van der Waals surface area contributed by atoms with E-state index in [4.69, 9.17) is 12.2 Å². The molecule has 0 bridgehead atoms. The number of nitrogens with one attached hydrogen (secondary N) is 1. The molecular formula is C21H17N3OS. The standard InChI is InChI=1S/C21H17N3OS/c25-21-23(18-9-5-2-6-10-18)15-20(26)24(21)19-13-11-17(12-14-19)22-16-7-3-1-4-8-16/h1-14,22H,15H2. The fraction of sp³-hybridized carbons (Fsp3) is 0.0476. The zero-order chi connectivity index (χ0) is 17.9. The van der Waals surface area contributed by atoms with E-state index in [0.29, 0.717) is 11.5 Å². The van der Waals surface area contributed by atoms with Gasteiger partial charge in [-0.05, 0) is 48.5 Å². The fourth-order valence-corrected chi connectivity index (χ4v) is 3.26. The summed E-state index contributed by atoms with van der Waals surface area (Å²) < 4.78 is 0. The molecule has 0 atom stereocenters. The fourth-order valence-electron chi connectivity index (χ4n) is 2.95. The minimum atomic E-state index is -0.120. The number of para-hydroxylation sites is 2. The number of nitrogens with zero attached hydrogens (tertiary/aromatic N) is 2. The van der Waals surface area contributed by atoms with E-state index in [2.05, 4.69) is 5.32 Å². The van der Waals surface area contributed by atoms with Crippen molar-refractivity contribution in [2.75, 3.05) is 21.7 Å². The summed E-state index contributed by atoms with van der Waals surface area (Å²) in [5.74, 6) is 0. The van der Waals surface area contributed by atoms with Crippen LogP contribution in [0.5, 0.6) is 0 Å². The number of rotatable bonds is 4. The number of hydrogen-bond donors (Lipinski definition) is 1. The van der Waals surface area contributed by atoms with Gasteiger partial charge >= 0.3 is 6.03 Å². The number of carbonyl (C=O) groups excluding carboxylic acids is 1. The van der Waals surface area contributed by atoms with Crippen LogP contribution in [0.3, 0.4) is 0 Å². The largest absolute Gasteiger partial charge is 0.356 e. The molecule has 1 N–H and O–H groups in total. The SMILES string of the molecule is O=C1N(c2ccccc2)CC(=S)N1c1ccc(Nc2ccccc2)cc1. The molecule has 0 aliphatic carbocycles. The summed E-state index contributed by atoms with van der Waals surface area (Å²) >= 11 is 5.46. The number of urea groups is 1. The van der Waals surface area contributed by atoms with Crippen molar-refractivity contribution in [1.29, 1.82) is 0 Å². The van der Waals surface area contributed by atoms with Crippen LogP contribution in [-0.4, -0.2) is 17.6 Å². The Kier molecular flexibility index (Phi) is 4.37. The van der Waals surface area contributed by atoms with E-state index in [0.717, 1.165) is 22.7 Å². The van der Waals surface area contributed by atoms with E-state index >= 15 is 0 Å². The molecule has 26 heavy (non-hydrogen) atoms. The summed E-state index contributed by atoms with van der Waals surface area (Å²) in [5, 5.41) is 3.33. The van der Waals surface area contributed by atoms with Crippen LogP contribution < -0.4 is 15.1 Å². The van der Waals surface area contributed by atoms with Gasteiger partial charge in [-0.15, -0.1) is 0 Å². The lowest BCUT2D eigenvalue weighted by molar-refractivity contribution is 0.256. The number of anilines is 4. The second kappa shape index (κ2) is 6.98. The van der Waals surface area contributed by atoms with Crippen LogP contribution in [0.1, 0.15) is 0 Å². The third-order valence-electron chi connectivity index (χ3n) is 4.22. The Labute approximate surface area is 157 Å². The molecule has 0 radical (unpaired) electrons. The molecule has 0 spiro atoms. The second-order valence-electron chi connectivity index (χ2n) is 5.97. The van der Waals surface area contributed by atoms with Crippen LogP contribution in [0.25, 0.3) is 0 Å². The topological polar surface area (TPSA) is 35.6 Å². The average molecular weight is 359 g/mol. The van der Waals surface area contributed by atoms with Crippen LogP contribution >= 0.6 is 12.2 Å². The third kappa shape index (κ3) is 3.17. The molecule has 5 heteroatoms. The van der Waals surface area contributed by atoms with Crippen LogP contribution in [0.15, 0.2) is 84.9 Å². The lowest BCUT2D eigenvalue weighted by atomic mass is 10.2. The maximum absolute atomic E-state index is 12.8. The van der Waals surface area contributed by atoms with Crippen molar-refractivity contribution in [2.45, 2.75) is 0 Å². The number of benzene rings is 3. The van der Waals surface area contributed by atoms with Crippen LogP contribution in [0.4, 0.5) is 27.5 Å². The van der Waals surface area contributed by atoms with Crippen LogP contribution in [-0.2, 0) is 0 Å². The van der Waals surface area contributed by atoms with Crippen molar-refractivity contribution in [2.24, 2.45) is 0 Å². The Morgan fingerprint density at radius 1 is 0.731 bits per heavy atom. The molecule has 0 unspecified atom stereocenters. The molecule has 128 valence electrons. The Hall–Kier alpha value is -3.18. The third-order valence-corrected chi connectivity index (χ3v) is 4.53. The molecular weight excluding hydrogens is 342 g/mol. The molecule has 1 aliphatic heterocycles. The van der Waals surface area contributed by atoms with Gasteiger partial charge in [-0.2, -0.15) is 0 Å². The molecule has 0 saturated carbocycles. The van der Waals surface area contributed by atoms with E-state index in [-0.39, 0.29) is 6.03 Å². The van der Waals surface area contributed by atoms with Gasteiger partial charge in [-0.25, -0.2) is 4.79 Å². The van der Waals surface area contributed by atoms with Gasteiger partial charge in [-0.3, -0.25) is 9.80 Å². The Balaban J connectivity index is 1.54. The highest BCUT2D eigenvalue weighted by atomic mass is 32.1. The monoisotopic (exact) mass is 359 g/mol. The summed E-state index contributed by atoms with van der Waals surface area (Å²) in [6, 6.07) is 27.1. The molecule has 1 fully saturated rings. The summed E-state index contributed by atoms with van der Waals surface area (Å²) in [6.45, 7) is 0.419. The number of carbonyl (C=O) groups is 1. The predicted molar refractivity (Wildman–Crippen MR) is 110 cm³/mol. The lowest BCUT2D eigenvalue weighted by Gasteiger charge is -2.18. The molecule has 4 nitrogen and oxygen atoms in total. The average Bonchev–Trinajstić information content (AvgIpc) is 2.98. The molecule has 3 aromatic rings. The van der Waals surface area contributed by atoms with Crippen molar-refractivity contribution < 1.29 is 4.79 Å². The van der Waals surface area contributed by atoms with Gasteiger partial charge in [-0.1, -0.05) is 48.6 Å². The Morgan fingerprint density at radius 2 is 1.31 bits per heavy atom. The lowest BCUT2D eigenvalue weighted by Crippen LogP contribution is -2.32.